The van der Waals surface area contributed by atoms with E-state index in [9.17, 15) is 10.1 Å². The van der Waals surface area contributed by atoms with Gasteiger partial charge in [0.15, 0.2) is 0 Å². The Hall–Kier alpha value is -3.30. The highest BCUT2D eigenvalue weighted by atomic mass is 16.6. The van der Waals surface area contributed by atoms with Gasteiger partial charge in [-0.3, -0.25) is 10.1 Å². The molecule has 1 aliphatic rings. The second-order valence-corrected chi connectivity index (χ2v) is 7.41. The van der Waals surface area contributed by atoms with E-state index >= 15 is 0 Å². The van der Waals surface area contributed by atoms with Gasteiger partial charge in [0.05, 0.1) is 24.8 Å². The van der Waals surface area contributed by atoms with Crippen LogP contribution < -0.4 is 25.4 Å². The van der Waals surface area contributed by atoms with Crippen molar-refractivity contribution in [1.29, 1.82) is 0 Å². The molecule has 3 rings (SSSR count). The van der Waals surface area contributed by atoms with Crippen LogP contribution in [0.25, 0.3) is 0 Å². The van der Waals surface area contributed by atoms with Crippen LogP contribution in [0.2, 0.25) is 0 Å². The molecule has 3 N–H and O–H groups in total. The van der Waals surface area contributed by atoms with E-state index in [1.54, 1.807) is 18.2 Å². The third-order valence-electron chi connectivity index (χ3n) is 4.89. The van der Waals surface area contributed by atoms with Crippen molar-refractivity contribution in [3.8, 4) is 11.5 Å². The maximum atomic E-state index is 11.6. The van der Waals surface area contributed by atoms with E-state index < -0.39 is 4.92 Å². The van der Waals surface area contributed by atoms with E-state index in [0.29, 0.717) is 35.0 Å². The molecule has 10 heteroatoms. The van der Waals surface area contributed by atoms with Crippen LogP contribution in [0, 0.1) is 22.0 Å². The number of methoxy groups -OCH3 is 2. The molecule has 0 unspecified atom stereocenters. The molecule has 1 aliphatic heterocycles. The molecule has 0 amide bonds. The van der Waals surface area contributed by atoms with Crippen LogP contribution in [0.1, 0.15) is 20.3 Å². The first-order chi connectivity index (χ1) is 13.8. The third kappa shape index (κ3) is 4.41. The van der Waals surface area contributed by atoms with Crippen molar-refractivity contribution >= 4 is 29.0 Å². The van der Waals surface area contributed by atoms with Gasteiger partial charge in [-0.1, -0.05) is 13.8 Å². The molecule has 10 nitrogen and oxygen atoms in total. The lowest BCUT2D eigenvalue weighted by Crippen LogP contribution is -2.39. The standard InChI is InChI=1S/C19H26N6O4/c1-11-7-12(2)10-24(9-11)19-22-17(20)16(25(26)27)18(23-19)21-14-8-13(28-3)5-6-15(14)29-4/h5-6,8,11-12H,7,9-10H2,1-4H3,(H3,20,21,22,23)/t11-,12-/m1/s1. The summed E-state index contributed by atoms with van der Waals surface area (Å²) < 4.78 is 10.6. The van der Waals surface area contributed by atoms with Crippen LogP contribution >= 0.6 is 0 Å². The monoisotopic (exact) mass is 402 g/mol. The minimum atomic E-state index is -0.588. The lowest BCUT2D eigenvalue weighted by Gasteiger charge is -2.35. The number of hydrogen-bond acceptors (Lipinski definition) is 9. The van der Waals surface area contributed by atoms with E-state index in [2.05, 4.69) is 29.1 Å². The SMILES string of the molecule is COc1ccc(OC)c(Nc2nc(N3C[C@H](C)C[C@@H](C)C3)nc(N)c2[N+](=O)[O-])c1. The van der Waals surface area contributed by atoms with Crippen molar-refractivity contribution in [2.45, 2.75) is 20.3 Å². The van der Waals surface area contributed by atoms with Gasteiger partial charge in [0, 0.05) is 19.2 Å². The van der Waals surface area contributed by atoms with E-state index in [0.717, 1.165) is 19.5 Å². The maximum Gasteiger partial charge on any atom is 0.353 e. The number of nitrogens with zero attached hydrogens (tertiary/aromatic N) is 4. The Balaban J connectivity index is 2.05. The largest absolute Gasteiger partial charge is 0.497 e. The second-order valence-electron chi connectivity index (χ2n) is 7.41. The van der Waals surface area contributed by atoms with Gasteiger partial charge in [0.25, 0.3) is 0 Å². The normalized spacial score (nSPS) is 19.0. The summed E-state index contributed by atoms with van der Waals surface area (Å²) in [6, 6.07) is 5.10. The van der Waals surface area contributed by atoms with Crippen molar-refractivity contribution in [2.24, 2.45) is 11.8 Å². The quantitative estimate of drug-likeness (QED) is 0.552. The van der Waals surface area contributed by atoms with Crippen LogP contribution in [0.5, 0.6) is 11.5 Å². The zero-order valence-electron chi connectivity index (χ0n) is 17.0. The molecule has 2 atom stereocenters. The first-order valence-corrected chi connectivity index (χ1v) is 9.38. The lowest BCUT2D eigenvalue weighted by molar-refractivity contribution is -0.383. The van der Waals surface area contributed by atoms with Crippen LogP contribution in [-0.4, -0.2) is 42.2 Å². The molecule has 0 aliphatic carbocycles. The molecule has 0 radical (unpaired) electrons. The first-order valence-electron chi connectivity index (χ1n) is 9.38. The van der Waals surface area contributed by atoms with E-state index in [4.69, 9.17) is 15.2 Å². The smallest absolute Gasteiger partial charge is 0.353 e. The van der Waals surface area contributed by atoms with E-state index in [-0.39, 0.29) is 17.3 Å². The van der Waals surface area contributed by atoms with Crippen LogP contribution in [0.3, 0.4) is 0 Å². The summed E-state index contributed by atoms with van der Waals surface area (Å²) in [6.45, 7) is 5.86. The van der Waals surface area contributed by atoms with Gasteiger partial charge >= 0.3 is 5.69 Å². The van der Waals surface area contributed by atoms with Crippen molar-refractivity contribution in [2.75, 3.05) is 43.3 Å². The van der Waals surface area contributed by atoms with Crippen LogP contribution in [0.4, 0.5) is 29.0 Å². The Bertz CT molecular complexity index is 897. The van der Waals surface area contributed by atoms with E-state index in [1.807, 2.05) is 4.90 Å². The zero-order valence-corrected chi connectivity index (χ0v) is 17.0. The Labute approximate surface area is 169 Å². The number of nitrogens with two attached hydrogens (primary N) is 1. The summed E-state index contributed by atoms with van der Waals surface area (Å²) in [5.74, 6) is 2.18. The number of ether oxygens (including phenoxy) is 2. The number of nitro groups is 1. The van der Waals surface area contributed by atoms with Crippen molar-refractivity contribution in [3.05, 3.63) is 28.3 Å². The number of nitrogens with one attached hydrogen (secondary N) is 1. The number of piperidine rings is 1. The highest BCUT2D eigenvalue weighted by Crippen LogP contribution is 2.37. The highest BCUT2D eigenvalue weighted by molar-refractivity contribution is 5.77. The summed E-state index contributed by atoms with van der Waals surface area (Å²) in [5.41, 5.74) is 6.06. The number of hydrogen-bond donors (Lipinski definition) is 2. The molecule has 0 spiro atoms. The van der Waals surface area contributed by atoms with Crippen molar-refractivity contribution in [3.63, 3.8) is 0 Å². The van der Waals surface area contributed by atoms with Crippen molar-refractivity contribution in [1.82, 2.24) is 9.97 Å². The van der Waals surface area contributed by atoms with Gasteiger partial charge in [-0.2, -0.15) is 9.97 Å². The van der Waals surface area contributed by atoms with Gasteiger partial charge in [-0.15, -0.1) is 0 Å². The molecule has 1 aromatic carbocycles. The second kappa shape index (κ2) is 8.38. The predicted octanol–water partition coefficient (Wildman–Crippen LogP) is 3.21. The zero-order chi connectivity index (χ0) is 21.1. The van der Waals surface area contributed by atoms with Gasteiger partial charge in [-0.05, 0) is 30.4 Å². The van der Waals surface area contributed by atoms with Gasteiger partial charge in [-0.25, -0.2) is 0 Å². The molecule has 0 bridgehead atoms. The number of aromatic nitrogens is 2. The average molecular weight is 402 g/mol. The molecule has 0 saturated carbocycles. The summed E-state index contributed by atoms with van der Waals surface area (Å²) in [7, 11) is 3.05. The van der Waals surface area contributed by atoms with Gasteiger partial charge in [0.1, 0.15) is 11.5 Å². The molecular formula is C19H26N6O4. The average Bonchev–Trinajstić information content (AvgIpc) is 2.66. The van der Waals surface area contributed by atoms with Gasteiger partial charge in [0.2, 0.25) is 17.6 Å². The van der Waals surface area contributed by atoms with Crippen LogP contribution in [-0.2, 0) is 0 Å². The molecule has 1 saturated heterocycles. The minimum absolute atomic E-state index is 0.00920. The summed E-state index contributed by atoms with van der Waals surface area (Å²) in [4.78, 5) is 21.8. The van der Waals surface area contributed by atoms with Crippen molar-refractivity contribution < 1.29 is 14.4 Å². The molecule has 1 fully saturated rings. The van der Waals surface area contributed by atoms with E-state index in [1.165, 1.54) is 14.2 Å². The molecular weight excluding hydrogens is 376 g/mol. The summed E-state index contributed by atoms with van der Waals surface area (Å²) >= 11 is 0. The fourth-order valence-electron chi connectivity index (χ4n) is 3.73. The molecule has 29 heavy (non-hydrogen) atoms. The molecule has 2 aromatic rings. The molecule has 1 aromatic heterocycles. The Kier molecular flexibility index (Phi) is 5.90. The fraction of sp³-hybridized carbons (Fsp3) is 0.474. The predicted molar refractivity (Wildman–Crippen MR) is 111 cm³/mol. The molecule has 2 heterocycles. The number of rotatable bonds is 6. The Morgan fingerprint density at radius 3 is 2.48 bits per heavy atom. The topological polar surface area (TPSA) is 129 Å². The number of nitrogen functional groups attached to an aromatic ring is 1. The number of anilines is 4. The lowest BCUT2D eigenvalue weighted by atomic mass is 9.92. The summed E-state index contributed by atoms with van der Waals surface area (Å²) in [6.07, 6.45) is 1.12. The summed E-state index contributed by atoms with van der Waals surface area (Å²) in [5, 5.41) is 14.6. The Morgan fingerprint density at radius 1 is 1.21 bits per heavy atom. The fourth-order valence-corrected chi connectivity index (χ4v) is 3.73. The maximum absolute atomic E-state index is 11.6. The first kappa shape index (κ1) is 20.4. The molecule has 156 valence electrons. The highest BCUT2D eigenvalue weighted by Gasteiger charge is 2.29. The van der Waals surface area contributed by atoms with Gasteiger partial charge < -0.3 is 25.4 Å². The minimum Gasteiger partial charge on any atom is -0.497 e. The number of benzene rings is 1. The Morgan fingerprint density at radius 2 is 1.90 bits per heavy atom. The van der Waals surface area contributed by atoms with Crippen LogP contribution in [0.15, 0.2) is 18.2 Å². The third-order valence-corrected chi connectivity index (χ3v) is 4.89.